The summed E-state index contributed by atoms with van der Waals surface area (Å²) in [7, 11) is 0. The van der Waals surface area contributed by atoms with Crippen molar-refractivity contribution in [1.82, 2.24) is 34.4 Å². The predicted octanol–water partition coefficient (Wildman–Crippen LogP) is 15.3. The Bertz CT molecular complexity index is 3790. The minimum atomic E-state index is -0.977. The number of fused-ring (bicyclic) bond motifs is 2. The third-order valence-corrected chi connectivity index (χ3v) is 16.7. The molecule has 429 valence electrons. The van der Waals surface area contributed by atoms with Gasteiger partial charge in [-0.3, -0.25) is 4.79 Å². The molecule has 4 aromatic carbocycles. The zero-order chi connectivity index (χ0) is 59.1. The van der Waals surface area contributed by atoms with E-state index in [9.17, 15) is 14.7 Å². The number of hydrogen-bond donors (Lipinski definition) is 3. The molecule has 0 fully saturated rings. The van der Waals surface area contributed by atoms with Gasteiger partial charge in [0, 0.05) is 69.8 Å². The van der Waals surface area contributed by atoms with Gasteiger partial charge in [-0.05, 0) is 207 Å². The molecule has 2 unspecified atom stereocenters. The molecule has 2 aliphatic carbocycles. The van der Waals surface area contributed by atoms with Crippen LogP contribution in [0.25, 0.3) is 50.1 Å². The van der Waals surface area contributed by atoms with E-state index in [-0.39, 0.29) is 56.3 Å². The Labute approximate surface area is 521 Å². The molecule has 14 heteroatoms. The van der Waals surface area contributed by atoms with Crippen molar-refractivity contribution in [2.24, 2.45) is 0 Å². The fraction of sp³-hybridized carbons (Fsp3) is 0.286. The number of nitrogens with one attached hydrogen (secondary N) is 2. The monoisotopic (exact) mass is 1190 g/mol. The third kappa shape index (κ3) is 13.1. The van der Waals surface area contributed by atoms with Crippen LogP contribution in [0.3, 0.4) is 0 Å². The number of pyridine rings is 2. The number of nitrogens with zero attached hydrogens (tertiary/aromatic N) is 8. The van der Waals surface area contributed by atoms with Gasteiger partial charge in [0.05, 0.1) is 41.5 Å². The second-order valence-corrected chi connectivity index (χ2v) is 21.6. The van der Waals surface area contributed by atoms with Crippen LogP contribution >= 0.6 is 0 Å². The van der Waals surface area contributed by atoms with Crippen LogP contribution in [-0.4, -0.2) is 77.6 Å². The van der Waals surface area contributed by atoms with Gasteiger partial charge < -0.3 is 26.0 Å². The van der Waals surface area contributed by atoms with Gasteiger partial charge in [-0.2, -0.15) is 10.2 Å². The Morgan fingerprint density at radius 3 is 1.54 bits per heavy atom. The van der Waals surface area contributed by atoms with E-state index in [1.165, 1.54) is 73.1 Å². The number of benzene rings is 4. The van der Waals surface area contributed by atoms with Crippen LogP contribution < -0.4 is 10.6 Å². The first-order chi connectivity index (χ1) is 40.2. The summed E-state index contributed by atoms with van der Waals surface area (Å²) in [6.45, 7) is 31.1. The van der Waals surface area contributed by atoms with E-state index in [2.05, 4.69) is 194 Å². The van der Waals surface area contributed by atoms with E-state index in [1.807, 2.05) is 24.9 Å². The maximum atomic E-state index is 11.7. The molecule has 6 heterocycles. The SMILES string of the molecule is C=C.C=C.CC(=O)N1CC=C(c2ccc(NC3CCc4cccc(-c5ccc(C)c(-n6ncc(C(=O)O)c6C)c5)c43)nc2C)CC1.Cc1ccc(-c2cccc3c2C(Nc2ccc(C4=CC[N-]CC4)c(C)n2)CC3)cc1-n1ncc(C)c1C.[Y]. The smallest absolute Gasteiger partial charge is 0.339 e. The van der Waals surface area contributed by atoms with E-state index in [0.717, 1.165) is 115 Å². The van der Waals surface area contributed by atoms with Gasteiger partial charge >= 0.3 is 5.97 Å². The quantitative estimate of drug-likeness (QED) is 0.107. The summed E-state index contributed by atoms with van der Waals surface area (Å²) in [5, 5.41) is 30.5. The van der Waals surface area contributed by atoms with Crippen LogP contribution in [0.1, 0.15) is 128 Å². The maximum Gasteiger partial charge on any atom is 0.339 e. The number of carboxylic acids is 1. The molecule has 13 nitrogen and oxygen atoms in total. The van der Waals surface area contributed by atoms with Crippen LogP contribution in [0.4, 0.5) is 11.6 Å². The average Bonchev–Trinajstić information content (AvgIpc) is 3.86. The zero-order valence-corrected chi connectivity index (χ0v) is 52.9. The molecular weight excluding hydrogens is 1120 g/mol. The zero-order valence-electron chi connectivity index (χ0n) is 50.0. The van der Waals surface area contributed by atoms with Crippen molar-refractivity contribution in [1.29, 1.82) is 0 Å². The van der Waals surface area contributed by atoms with Crippen molar-refractivity contribution in [3.05, 3.63) is 232 Å². The molecule has 84 heavy (non-hydrogen) atoms. The summed E-state index contributed by atoms with van der Waals surface area (Å²) in [5.41, 5.74) is 24.7. The fourth-order valence-corrected chi connectivity index (χ4v) is 12.1. The Hall–Kier alpha value is -7.84. The van der Waals surface area contributed by atoms with Gasteiger partial charge in [0.15, 0.2) is 0 Å². The van der Waals surface area contributed by atoms with Crippen LogP contribution in [0.2, 0.25) is 0 Å². The summed E-state index contributed by atoms with van der Waals surface area (Å²) in [6, 6.07) is 35.2. The van der Waals surface area contributed by atoms with E-state index in [1.54, 1.807) is 18.5 Å². The Morgan fingerprint density at radius 2 is 1.11 bits per heavy atom. The third-order valence-electron chi connectivity index (χ3n) is 16.7. The molecule has 0 spiro atoms. The molecule has 8 aromatic rings. The number of aromatic nitrogens is 6. The largest absolute Gasteiger partial charge is 0.659 e. The number of anilines is 2. The number of hydrogen-bond acceptors (Lipinski definition) is 8. The fourth-order valence-electron chi connectivity index (χ4n) is 12.1. The molecule has 0 saturated carbocycles. The first-order valence-corrected chi connectivity index (χ1v) is 28.7. The van der Waals surface area contributed by atoms with Gasteiger partial charge in [-0.15, -0.1) is 45.5 Å². The Kier molecular flexibility index (Phi) is 20.5. The van der Waals surface area contributed by atoms with E-state index in [4.69, 9.17) is 9.97 Å². The molecule has 2 aliphatic heterocycles. The molecule has 4 aromatic heterocycles. The summed E-state index contributed by atoms with van der Waals surface area (Å²) in [4.78, 5) is 35.1. The van der Waals surface area contributed by atoms with Gasteiger partial charge in [0.25, 0.3) is 0 Å². The van der Waals surface area contributed by atoms with Crippen LogP contribution in [0.5, 0.6) is 0 Å². The van der Waals surface area contributed by atoms with Crippen molar-refractivity contribution in [2.75, 3.05) is 36.8 Å². The summed E-state index contributed by atoms with van der Waals surface area (Å²) >= 11 is 0. The number of aromatic carboxylic acids is 1. The van der Waals surface area contributed by atoms with Gasteiger partial charge in [-0.1, -0.05) is 66.7 Å². The molecule has 4 aliphatic rings. The summed E-state index contributed by atoms with van der Waals surface area (Å²) < 4.78 is 3.78. The van der Waals surface area contributed by atoms with Crippen molar-refractivity contribution < 1.29 is 47.4 Å². The van der Waals surface area contributed by atoms with Crippen molar-refractivity contribution in [2.45, 2.75) is 106 Å². The van der Waals surface area contributed by atoms with E-state index in [0.29, 0.717) is 12.2 Å². The van der Waals surface area contributed by atoms with Crippen LogP contribution in [0, 0.1) is 48.5 Å². The topological polar surface area (TPSA) is 157 Å². The number of rotatable bonds is 11. The number of amides is 1. The second-order valence-electron chi connectivity index (χ2n) is 21.6. The number of carboxylic acid groups (broad SMARTS) is 1. The van der Waals surface area contributed by atoms with Gasteiger partial charge in [0.2, 0.25) is 5.91 Å². The standard InChI is InChI=1S/C34H35N5O3.C32H34N5.2C2H4.Y/c1-20-8-9-26(18-31(20)39-22(3)29(19-35-39)34(41)42)28-7-5-6-25-10-12-30(33(25)28)37-32-13-11-27(21(2)36-32)24-14-16-38(17-15-24)23(4)40;1-20-8-9-26(18-30(20)37-23(4)21(2)19-34-37)28-7-5-6-25-10-12-29(32(25)28)36-31-13-11-27(22(3)35-31)24-14-16-33-17-15-24;2*1-2;/h5-9,11,13-14,18-19,30H,10,12,15-17H2,1-4H3,(H,36,37)(H,41,42);5-9,11,13-14,18-19,29H,10,12,15-17H2,1-4H3,(H,35,36);2*1-2H2;/q;-1;;;. The molecular formula is C70H77N10O3Y-. The maximum absolute atomic E-state index is 11.7. The Balaban J connectivity index is 0.000000206. The normalized spacial score (nSPS) is 15.7. The van der Waals surface area contributed by atoms with Crippen LogP contribution in [-0.2, 0) is 50.3 Å². The van der Waals surface area contributed by atoms with Crippen molar-refractivity contribution in [3.63, 3.8) is 0 Å². The van der Waals surface area contributed by atoms with Crippen LogP contribution in [0.15, 0.2) is 148 Å². The molecule has 1 radical (unpaired) electrons. The summed E-state index contributed by atoms with van der Waals surface area (Å²) in [5.74, 6) is 0.932. The van der Waals surface area contributed by atoms with Gasteiger partial charge in [-0.25, -0.2) is 24.1 Å². The molecule has 2 atom stereocenters. The van der Waals surface area contributed by atoms with Crippen molar-refractivity contribution >= 4 is 34.7 Å². The van der Waals surface area contributed by atoms with E-state index >= 15 is 0 Å². The second kappa shape index (κ2) is 27.7. The molecule has 1 amide bonds. The first-order valence-electron chi connectivity index (χ1n) is 28.7. The molecule has 3 N–H and O–H groups in total. The van der Waals surface area contributed by atoms with Crippen molar-refractivity contribution in [3.8, 4) is 33.6 Å². The molecule has 0 saturated heterocycles. The molecule has 12 rings (SSSR count). The predicted molar refractivity (Wildman–Crippen MR) is 339 cm³/mol. The number of carbonyl (C=O) groups excluding carboxylic acids is 1. The first kappa shape index (κ1) is 62.2. The van der Waals surface area contributed by atoms with E-state index < -0.39 is 5.97 Å². The minimum absolute atomic E-state index is 0. The average molecular weight is 1200 g/mol. The van der Waals surface area contributed by atoms with Gasteiger partial charge in [0.1, 0.15) is 17.2 Å². The minimum Gasteiger partial charge on any atom is -0.659 e. The summed E-state index contributed by atoms with van der Waals surface area (Å²) in [6.07, 6.45) is 13.7. The number of aryl methyl sites for hydroxylation is 7. The number of carbonyl (C=O) groups is 2. The molecule has 0 bridgehead atoms. The Morgan fingerprint density at radius 1 is 0.595 bits per heavy atom.